The molecule has 0 spiro atoms. The van der Waals surface area contributed by atoms with Crippen LogP contribution in [0.15, 0.2) is 64.7 Å². The third-order valence-electron chi connectivity index (χ3n) is 5.28. The van der Waals surface area contributed by atoms with Gasteiger partial charge in [-0.1, -0.05) is 47.6 Å². The molecule has 1 amide bonds. The molecule has 31 heavy (non-hydrogen) atoms. The van der Waals surface area contributed by atoms with E-state index in [1.807, 2.05) is 73.6 Å². The zero-order chi connectivity index (χ0) is 21.8. The number of aliphatic imine (C=N–C) groups is 1. The summed E-state index contributed by atoms with van der Waals surface area (Å²) in [4.78, 5) is 32.4. The van der Waals surface area contributed by atoms with E-state index in [0.29, 0.717) is 31.0 Å². The fourth-order valence-corrected chi connectivity index (χ4v) is 3.85. The molecule has 2 heterocycles. The van der Waals surface area contributed by atoms with Crippen molar-refractivity contribution in [2.45, 2.75) is 18.6 Å². The molecule has 162 valence electrons. The zero-order valence-corrected chi connectivity index (χ0v) is 18.0. The molecule has 2 aromatic rings. The van der Waals surface area contributed by atoms with E-state index in [-0.39, 0.29) is 18.1 Å². The highest BCUT2D eigenvalue weighted by Crippen LogP contribution is 2.24. The van der Waals surface area contributed by atoms with Crippen LogP contribution in [0.25, 0.3) is 11.1 Å². The first-order chi connectivity index (χ1) is 15.0. The van der Waals surface area contributed by atoms with Crippen molar-refractivity contribution in [3.63, 3.8) is 0 Å². The first-order valence-corrected chi connectivity index (χ1v) is 10.3. The molecule has 8 nitrogen and oxygen atoms in total. The number of oxime groups is 1. The van der Waals surface area contributed by atoms with E-state index < -0.39 is 0 Å². The monoisotopic (exact) mass is 421 g/mol. The minimum Gasteiger partial charge on any atom is -0.399 e. The van der Waals surface area contributed by atoms with Gasteiger partial charge in [0.1, 0.15) is 19.3 Å². The van der Waals surface area contributed by atoms with Crippen LogP contribution in [0.5, 0.6) is 0 Å². The van der Waals surface area contributed by atoms with Gasteiger partial charge in [-0.05, 0) is 37.4 Å². The maximum atomic E-state index is 13.4. The standard InChI is InChI=1S/C23H27N5O3/c1-27(2)15-21-24-22(31-26-21)20-13-19(25-30-3)14-28(20)23(29)18-11-9-17(10-12-18)16-7-5-4-6-8-16/h4-12,20-21,26H,13-15H2,1-3H3/t20-,21?/m0/s1. The molecular formula is C23H27N5O3. The van der Waals surface area contributed by atoms with Crippen LogP contribution in [0.1, 0.15) is 16.8 Å². The molecule has 0 bridgehead atoms. The topological polar surface area (TPSA) is 78.8 Å². The largest absolute Gasteiger partial charge is 0.399 e. The predicted molar refractivity (Wildman–Crippen MR) is 120 cm³/mol. The highest BCUT2D eigenvalue weighted by molar-refractivity contribution is 6.05. The summed E-state index contributed by atoms with van der Waals surface area (Å²) in [6, 6.07) is 17.4. The van der Waals surface area contributed by atoms with Crippen LogP contribution in [-0.2, 0) is 9.68 Å². The number of likely N-dealkylation sites (tertiary alicyclic amines) is 1. The summed E-state index contributed by atoms with van der Waals surface area (Å²) < 4.78 is 0. The van der Waals surface area contributed by atoms with E-state index in [2.05, 4.69) is 15.6 Å². The number of hydroxylamine groups is 1. The van der Waals surface area contributed by atoms with E-state index in [1.165, 1.54) is 7.11 Å². The van der Waals surface area contributed by atoms with Crippen molar-refractivity contribution in [1.29, 1.82) is 0 Å². The summed E-state index contributed by atoms with van der Waals surface area (Å²) in [5.41, 5.74) is 6.50. The van der Waals surface area contributed by atoms with Crippen LogP contribution < -0.4 is 5.48 Å². The third kappa shape index (κ3) is 4.76. The molecule has 1 unspecified atom stereocenters. The predicted octanol–water partition coefficient (Wildman–Crippen LogP) is 2.39. The van der Waals surface area contributed by atoms with E-state index in [0.717, 1.165) is 16.8 Å². The summed E-state index contributed by atoms with van der Waals surface area (Å²) >= 11 is 0. The number of amides is 1. The molecular weight excluding hydrogens is 394 g/mol. The van der Waals surface area contributed by atoms with E-state index in [4.69, 9.17) is 9.68 Å². The number of nitrogens with one attached hydrogen (secondary N) is 1. The fourth-order valence-electron chi connectivity index (χ4n) is 3.85. The quantitative estimate of drug-likeness (QED) is 0.725. The normalized spacial score (nSPS) is 22.0. The Morgan fingerprint density at radius 1 is 1.19 bits per heavy atom. The van der Waals surface area contributed by atoms with Gasteiger partial charge in [0.15, 0.2) is 0 Å². The Balaban J connectivity index is 1.55. The Kier molecular flexibility index (Phi) is 6.29. The van der Waals surface area contributed by atoms with E-state index in [9.17, 15) is 4.79 Å². The molecule has 2 atom stereocenters. The SMILES string of the molecule is CON=C1C[C@@H](C2=NC(CN(C)C)NO2)N(C(=O)c2ccc(-c3ccccc3)cc2)C1. The Labute approximate surface area is 182 Å². The second kappa shape index (κ2) is 9.28. The molecule has 1 saturated heterocycles. The summed E-state index contributed by atoms with van der Waals surface area (Å²) in [6.07, 6.45) is 0.354. The van der Waals surface area contributed by atoms with Crippen molar-refractivity contribution in [3.05, 3.63) is 60.2 Å². The molecule has 0 aromatic heterocycles. The van der Waals surface area contributed by atoms with Gasteiger partial charge in [0.05, 0.1) is 12.3 Å². The van der Waals surface area contributed by atoms with Crippen LogP contribution in [0.2, 0.25) is 0 Å². The molecule has 2 aromatic carbocycles. The number of rotatable bonds is 6. The van der Waals surface area contributed by atoms with Crippen LogP contribution in [0, 0.1) is 0 Å². The minimum absolute atomic E-state index is 0.0896. The Bertz CT molecular complexity index is 972. The van der Waals surface area contributed by atoms with Gasteiger partial charge in [-0.25, -0.2) is 4.99 Å². The number of hydrogen-bond acceptors (Lipinski definition) is 7. The molecule has 4 rings (SSSR count). The second-order valence-electron chi connectivity index (χ2n) is 7.90. The maximum Gasteiger partial charge on any atom is 0.254 e. The van der Waals surface area contributed by atoms with Crippen molar-refractivity contribution in [2.75, 3.05) is 34.3 Å². The molecule has 2 aliphatic heterocycles. The smallest absolute Gasteiger partial charge is 0.254 e. The van der Waals surface area contributed by atoms with Crippen LogP contribution in [-0.4, -0.2) is 73.8 Å². The van der Waals surface area contributed by atoms with Crippen molar-refractivity contribution < 1.29 is 14.5 Å². The summed E-state index contributed by atoms with van der Waals surface area (Å²) in [7, 11) is 5.46. The van der Waals surface area contributed by atoms with Crippen molar-refractivity contribution >= 4 is 17.5 Å². The Morgan fingerprint density at radius 2 is 1.90 bits per heavy atom. The first-order valence-electron chi connectivity index (χ1n) is 10.3. The molecule has 1 N–H and O–H groups in total. The summed E-state index contributed by atoms with van der Waals surface area (Å²) in [5, 5.41) is 4.08. The lowest BCUT2D eigenvalue weighted by Gasteiger charge is -2.23. The summed E-state index contributed by atoms with van der Waals surface area (Å²) in [5.74, 6) is 0.413. The molecule has 2 aliphatic rings. The number of carbonyl (C=O) groups excluding carboxylic acids is 1. The number of carbonyl (C=O) groups is 1. The van der Waals surface area contributed by atoms with Gasteiger partial charge in [0.25, 0.3) is 5.91 Å². The van der Waals surface area contributed by atoms with Crippen molar-refractivity contribution in [1.82, 2.24) is 15.3 Å². The maximum absolute atomic E-state index is 13.4. The zero-order valence-electron chi connectivity index (χ0n) is 18.0. The van der Waals surface area contributed by atoms with Gasteiger partial charge in [-0.15, -0.1) is 5.48 Å². The number of hydrogen-bond donors (Lipinski definition) is 1. The van der Waals surface area contributed by atoms with Crippen LogP contribution in [0.3, 0.4) is 0 Å². The number of nitrogens with zero attached hydrogens (tertiary/aromatic N) is 4. The Morgan fingerprint density at radius 3 is 2.58 bits per heavy atom. The van der Waals surface area contributed by atoms with Gasteiger partial charge >= 0.3 is 0 Å². The minimum atomic E-state index is -0.324. The highest BCUT2D eigenvalue weighted by atomic mass is 16.7. The lowest BCUT2D eigenvalue weighted by molar-refractivity contribution is 0.0749. The fraction of sp³-hybridized carbons (Fsp3) is 0.348. The molecule has 8 heteroatoms. The van der Waals surface area contributed by atoms with Gasteiger partial charge in [-0.3, -0.25) is 4.79 Å². The van der Waals surface area contributed by atoms with Crippen LogP contribution >= 0.6 is 0 Å². The van der Waals surface area contributed by atoms with Gasteiger partial charge in [0, 0.05) is 18.5 Å². The van der Waals surface area contributed by atoms with Crippen molar-refractivity contribution in [3.8, 4) is 11.1 Å². The van der Waals surface area contributed by atoms with Gasteiger partial charge in [0.2, 0.25) is 5.90 Å². The third-order valence-corrected chi connectivity index (χ3v) is 5.28. The Hall–Kier alpha value is -3.23. The lowest BCUT2D eigenvalue weighted by Crippen LogP contribution is -2.41. The highest BCUT2D eigenvalue weighted by Gasteiger charge is 2.40. The molecule has 0 saturated carbocycles. The van der Waals surface area contributed by atoms with Crippen LogP contribution in [0.4, 0.5) is 0 Å². The second-order valence-corrected chi connectivity index (χ2v) is 7.90. The van der Waals surface area contributed by atoms with E-state index in [1.54, 1.807) is 4.90 Å². The average molecular weight is 422 g/mol. The number of likely N-dealkylation sites (N-methyl/N-ethyl adjacent to an activating group) is 1. The van der Waals surface area contributed by atoms with Gasteiger partial charge < -0.3 is 19.5 Å². The summed E-state index contributed by atoms with van der Waals surface area (Å²) in [6.45, 7) is 1.07. The molecule has 0 aliphatic carbocycles. The average Bonchev–Trinajstić information content (AvgIpc) is 3.41. The molecule has 1 fully saturated rings. The van der Waals surface area contributed by atoms with Gasteiger partial charge in [-0.2, -0.15) is 0 Å². The molecule has 0 radical (unpaired) electrons. The lowest BCUT2D eigenvalue weighted by atomic mass is 10.0. The number of benzene rings is 2. The first kappa shape index (κ1) is 21.0. The van der Waals surface area contributed by atoms with E-state index >= 15 is 0 Å². The van der Waals surface area contributed by atoms with Crippen molar-refractivity contribution in [2.24, 2.45) is 10.1 Å².